The number of rotatable bonds is 0. The van der Waals surface area contributed by atoms with E-state index >= 15 is 0 Å². The van der Waals surface area contributed by atoms with Crippen LogP contribution in [0.4, 0.5) is 0 Å². The zero-order valence-corrected chi connectivity index (χ0v) is 12.4. The van der Waals surface area contributed by atoms with Gasteiger partial charge in [-0.05, 0) is 50.0 Å². The van der Waals surface area contributed by atoms with Crippen LogP contribution in [0.1, 0.15) is 15.9 Å². The highest BCUT2D eigenvalue weighted by atomic mass is 35.5. The fourth-order valence-electron chi connectivity index (χ4n) is 3.75. The third-order valence-corrected chi connectivity index (χ3v) is 4.85. The van der Waals surface area contributed by atoms with Gasteiger partial charge in [-0.2, -0.15) is 0 Å². The molecule has 104 valence electrons. The number of hydrogen-bond donors (Lipinski definition) is 0. The SMILES string of the molecule is O=C1Cc2cc3ccc4ccccc4c3c3cc(Cl)cc1c23. The number of carbonyl (C=O) groups excluding carboxylic acids is 1. The lowest BCUT2D eigenvalue weighted by molar-refractivity contribution is 0.1000. The van der Waals surface area contributed by atoms with E-state index in [1.54, 1.807) is 6.07 Å². The predicted octanol–water partition coefficient (Wildman–Crippen LogP) is 5.54. The van der Waals surface area contributed by atoms with Crippen molar-refractivity contribution in [3.63, 3.8) is 0 Å². The van der Waals surface area contributed by atoms with E-state index in [4.69, 9.17) is 11.6 Å². The lowest BCUT2D eigenvalue weighted by Crippen LogP contribution is -1.93. The van der Waals surface area contributed by atoms with Gasteiger partial charge >= 0.3 is 0 Å². The molecule has 0 radical (unpaired) electrons. The van der Waals surface area contributed by atoms with Crippen molar-refractivity contribution in [3.05, 3.63) is 70.7 Å². The van der Waals surface area contributed by atoms with Crippen molar-refractivity contribution in [2.45, 2.75) is 6.42 Å². The van der Waals surface area contributed by atoms with Crippen LogP contribution in [0.5, 0.6) is 0 Å². The van der Waals surface area contributed by atoms with E-state index in [-0.39, 0.29) is 5.78 Å². The summed E-state index contributed by atoms with van der Waals surface area (Å²) in [5.41, 5.74) is 1.89. The summed E-state index contributed by atoms with van der Waals surface area (Å²) in [7, 11) is 0. The molecule has 0 bridgehead atoms. The van der Waals surface area contributed by atoms with Crippen LogP contribution < -0.4 is 0 Å². The molecule has 0 fully saturated rings. The lowest BCUT2D eigenvalue weighted by Gasteiger charge is -2.10. The predicted molar refractivity (Wildman–Crippen MR) is 92.0 cm³/mol. The highest BCUT2D eigenvalue weighted by Gasteiger charge is 2.24. The molecule has 0 aromatic heterocycles. The molecule has 0 saturated heterocycles. The van der Waals surface area contributed by atoms with Gasteiger partial charge in [0, 0.05) is 17.0 Å². The van der Waals surface area contributed by atoms with Crippen LogP contribution in [0.2, 0.25) is 5.02 Å². The summed E-state index contributed by atoms with van der Waals surface area (Å²) < 4.78 is 0. The molecule has 0 aliphatic heterocycles. The standard InChI is InChI=1S/C20H11ClO/c21-14-9-16-18(22)8-13-7-12-6-5-11-3-1-2-4-15(11)19(12)17(10-14)20(13)16/h1-7,9-10H,8H2. The summed E-state index contributed by atoms with van der Waals surface area (Å²) in [4.78, 5) is 12.3. The third kappa shape index (κ3) is 1.47. The van der Waals surface area contributed by atoms with Crippen molar-refractivity contribution >= 4 is 49.7 Å². The van der Waals surface area contributed by atoms with Gasteiger partial charge in [0.05, 0.1) is 0 Å². The third-order valence-electron chi connectivity index (χ3n) is 4.64. The Bertz CT molecular complexity index is 1120. The number of Topliss-reactive ketones (excluding diaryl/α,β-unsaturated/α-hetero) is 1. The molecule has 4 aromatic carbocycles. The van der Waals surface area contributed by atoms with E-state index in [1.165, 1.54) is 21.5 Å². The van der Waals surface area contributed by atoms with Gasteiger partial charge < -0.3 is 0 Å². The quantitative estimate of drug-likeness (QED) is 0.390. The normalized spacial score (nSPS) is 13.6. The number of hydrogen-bond acceptors (Lipinski definition) is 1. The molecule has 1 aliphatic rings. The van der Waals surface area contributed by atoms with Crippen LogP contribution in [-0.2, 0) is 6.42 Å². The molecule has 0 heterocycles. The van der Waals surface area contributed by atoms with E-state index in [9.17, 15) is 4.79 Å². The van der Waals surface area contributed by atoms with E-state index in [0.29, 0.717) is 11.4 Å². The Morgan fingerprint density at radius 2 is 1.64 bits per heavy atom. The Morgan fingerprint density at radius 1 is 0.818 bits per heavy atom. The molecule has 0 unspecified atom stereocenters. The van der Waals surface area contributed by atoms with E-state index in [0.717, 1.165) is 21.9 Å². The summed E-state index contributed by atoms with van der Waals surface area (Å²) in [6.07, 6.45) is 0.481. The zero-order chi connectivity index (χ0) is 14.8. The minimum Gasteiger partial charge on any atom is -0.294 e. The molecule has 1 aliphatic carbocycles. The van der Waals surface area contributed by atoms with Crippen molar-refractivity contribution in [1.82, 2.24) is 0 Å². The molecule has 2 heteroatoms. The van der Waals surface area contributed by atoms with E-state index < -0.39 is 0 Å². The lowest BCUT2D eigenvalue weighted by atomic mass is 9.94. The first kappa shape index (κ1) is 12.2. The van der Waals surface area contributed by atoms with Crippen molar-refractivity contribution in [2.24, 2.45) is 0 Å². The second-order valence-electron chi connectivity index (χ2n) is 5.90. The fourth-order valence-corrected chi connectivity index (χ4v) is 3.96. The van der Waals surface area contributed by atoms with Crippen LogP contribution in [0.25, 0.3) is 32.3 Å². The Hall–Kier alpha value is -2.38. The molecule has 1 nitrogen and oxygen atoms in total. The monoisotopic (exact) mass is 302 g/mol. The Labute approximate surface area is 132 Å². The van der Waals surface area contributed by atoms with Crippen LogP contribution in [0.3, 0.4) is 0 Å². The van der Waals surface area contributed by atoms with Crippen LogP contribution >= 0.6 is 11.6 Å². The number of ketones is 1. The van der Waals surface area contributed by atoms with Gasteiger partial charge in [-0.15, -0.1) is 0 Å². The average molecular weight is 303 g/mol. The van der Waals surface area contributed by atoms with Crippen molar-refractivity contribution in [3.8, 4) is 0 Å². The molecule has 0 atom stereocenters. The summed E-state index contributed by atoms with van der Waals surface area (Å²) in [5.74, 6) is 0.169. The van der Waals surface area contributed by atoms with Crippen LogP contribution in [0, 0.1) is 0 Å². The maximum Gasteiger partial charge on any atom is 0.167 e. The second-order valence-corrected chi connectivity index (χ2v) is 6.33. The fraction of sp³-hybridized carbons (Fsp3) is 0.0500. The number of halogens is 1. The summed E-state index contributed by atoms with van der Waals surface area (Å²) in [5, 5.41) is 7.58. The van der Waals surface area contributed by atoms with Gasteiger partial charge in [0.1, 0.15) is 0 Å². The summed E-state index contributed by atoms with van der Waals surface area (Å²) in [6, 6.07) is 18.6. The summed E-state index contributed by atoms with van der Waals surface area (Å²) >= 11 is 6.29. The van der Waals surface area contributed by atoms with Gasteiger partial charge in [0.15, 0.2) is 5.78 Å². The average Bonchev–Trinajstić information content (AvgIpc) is 2.83. The zero-order valence-electron chi connectivity index (χ0n) is 11.7. The van der Waals surface area contributed by atoms with Gasteiger partial charge in [-0.25, -0.2) is 0 Å². The Balaban J connectivity index is 2.15. The highest BCUT2D eigenvalue weighted by Crippen LogP contribution is 2.40. The van der Waals surface area contributed by atoms with Crippen molar-refractivity contribution in [2.75, 3.05) is 0 Å². The maximum atomic E-state index is 12.3. The molecular weight excluding hydrogens is 292 g/mol. The highest BCUT2D eigenvalue weighted by molar-refractivity contribution is 6.35. The molecule has 0 spiro atoms. The topological polar surface area (TPSA) is 17.1 Å². The largest absolute Gasteiger partial charge is 0.294 e. The van der Waals surface area contributed by atoms with Gasteiger partial charge in [0.2, 0.25) is 0 Å². The molecular formula is C20H11ClO. The number of benzene rings is 4. The molecule has 0 saturated carbocycles. The van der Waals surface area contributed by atoms with Crippen LogP contribution in [0.15, 0.2) is 54.6 Å². The van der Waals surface area contributed by atoms with Gasteiger partial charge in [-0.1, -0.05) is 54.1 Å². The minimum atomic E-state index is 0.169. The van der Waals surface area contributed by atoms with E-state index in [1.807, 2.05) is 12.1 Å². The Morgan fingerprint density at radius 3 is 2.55 bits per heavy atom. The number of carbonyl (C=O) groups is 1. The van der Waals surface area contributed by atoms with E-state index in [2.05, 4.69) is 36.4 Å². The van der Waals surface area contributed by atoms with Crippen molar-refractivity contribution in [1.29, 1.82) is 0 Å². The first-order chi connectivity index (χ1) is 10.7. The molecule has 22 heavy (non-hydrogen) atoms. The second kappa shape index (κ2) is 4.08. The smallest absolute Gasteiger partial charge is 0.167 e. The first-order valence-electron chi connectivity index (χ1n) is 7.32. The first-order valence-corrected chi connectivity index (χ1v) is 7.70. The van der Waals surface area contributed by atoms with Gasteiger partial charge in [-0.3, -0.25) is 4.79 Å². The molecule has 0 amide bonds. The number of fused-ring (bicyclic) bond motifs is 4. The maximum absolute atomic E-state index is 12.3. The summed E-state index contributed by atoms with van der Waals surface area (Å²) in [6.45, 7) is 0. The minimum absolute atomic E-state index is 0.169. The molecule has 5 rings (SSSR count). The molecule has 0 N–H and O–H groups in total. The molecule has 4 aromatic rings. The Kier molecular flexibility index (Phi) is 2.26. The van der Waals surface area contributed by atoms with Crippen LogP contribution in [-0.4, -0.2) is 5.78 Å². The van der Waals surface area contributed by atoms with Crippen molar-refractivity contribution < 1.29 is 4.79 Å². The van der Waals surface area contributed by atoms with Gasteiger partial charge in [0.25, 0.3) is 0 Å².